The van der Waals surface area contributed by atoms with Gasteiger partial charge in [0.25, 0.3) is 0 Å². The van der Waals surface area contributed by atoms with Crippen molar-refractivity contribution in [3.63, 3.8) is 0 Å². The maximum absolute atomic E-state index is 11.6. The maximum Gasteiger partial charge on any atom is 0.237 e. The molecule has 0 spiro atoms. The van der Waals surface area contributed by atoms with Crippen molar-refractivity contribution in [3.8, 4) is 0 Å². The first kappa shape index (κ1) is 15.4. The van der Waals surface area contributed by atoms with Crippen LogP contribution in [0.2, 0.25) is 0 Å². The van der Waals surface area contributed by atoms with Gasteiger partial charge in [0, 0.05) is 13.2 Å². The van der Waals surface area contributed by atoms with E-state index in [1.165, 1.54) is 0 Å². The highest BCUT2D eigenvalue weighted by molar-refractivity contribution is 5.82. The second-order valence-electron chi connectivity index (χ2n) is 5.27. The molecular formula is C12H26N2O2. The highest BCUT2D eigenvalue weighted by Gasteiger charge is 2.26. The monoisotopic (exact) mass is 230 g/mol. The highest BCUT2D eigenvalue weighted by Crippen LogP contribution is 2.17. The van der Waals surface area contributed by atoms with Gasteiger partial charge in [0.15, 0.2) is 0 Å². The third kappa shape index (κ3) is 6.80. The topological polar surface area (TPSA) is 75.4 Å². The smallest absolute Gasteiger partial charge is 0.237 e. The van der Waals surface area contributed by atoms with E-state index in [9.17, 15) is 4.79 Å². The zero-order chi connectivity index (χ0) is 12.6. The molecule has 16 heavy (non-hydrogen) atoms. The molecule has 1 amide bonds. The number of rotatable bonds is 7. The summed E-state index contributed by atoms with van der Waals surface area (Å²) in [5, 5.41) is 11.4. The van der Waals surface area contributed by atoms with E-state index in [0.29, 0.717) is 6.54 Å². The third-order valence-corrected chi connectivity index (χ3v) is 2.60. The van der Waals surface area contributed by atoms with Crippen molar-refractivity contribution in [3.05, 3.63) is 0 Å². The SMILES string of the molecule is CC(C)(C)[C@H](N)C(=O)NCCCCCCO. The molecule has 4 N–H and O–H groups in total. The van der Waals surface area contributed by atoms with Gasteiger partial charge in [-0.05, 0) is 18.3 Å². The average molecular weight is 230 g/mol. The van der Waals surface area contributed by atoms with E-state index in [1.54, 1.807) is 0 Å². The molecule has 0 aromatic heterocycles. The number of carbonyl (C=O) groups excluding carboxylic acids is 1. The Bertz CT molecular complexity index is 200. The van der Waals surface area contributed by atoms with E-state index in [-0.39, 0.29) is 17.9 Å². The summed E-state index contributed by atoms with van der Waals surface area (Å²) in [6.45, 7) is 6.80. The van der Waals surface area contributed by atoms with Crippen LogP contribution in [0.15, 0.2) is 0 Å². The first-order valence-corrected chi connectivity index (χ1v) is 6.03. The van der Waals surface area contributed by atoms with Crippen molar-refractivity contribution >= 4 is 5.91 Å². The van der Waals surface area contributed by atoms with Crippen LogP contribution in [0.4, 0.5) is 0 Å². The van der Waals surface area contributed by atoms with Gasteiger partial charge in [-0.3, -0.25) is 4.79 Å². The fourth-order valence-corrected chi connectivity index (χ4v) is 1.31. The lowest BCUT2D eigenvalue weighted by molar-refractivity contribution is -0.124. The van der Waals surface area contributed by atoms with Crippen molar-refractivity contribution in [1.29, 1.82) is 0 Å². The van der Waals surface area contributed by atoms with Crippen LogP contribution in [0.5, 0.6) is 0 Å². The van der Waals surface area contributed by atoms with Crippen molar-refractivity contribution in [2.24, 2.45) is 11.1 Å². The fourth-order valence-electron chi connectivity index (χ4n) is 1.31. The van der Waals surface area contributed by atoms with Gasteiger partial charge in [0.2, 0.25) is 5.91 Å². The van der Waals surface area contributed by atoms with E-state index in [4.69, 9.17) is 10.8 Å². The molecule has 0 aromatic carbocycles. The third-order valence-electron chi connectivity index (χ3n) is 2.60. The summed E-state index contributed by atoms with van der Waals surface area (Å²) in [4.78, 5) is 11.6. The van der Waals surface area contributed by atoms with Crippen molar-refractivity contribution in [1.82, 2.24) is 5.32 Å². The van der Waals surface area contributed by atoms with Gasteiger partial charge in [0.1, 0.15) is 0 Å². The Balaban J connectivity index is 3.58. The summed E-state index contributed by atoms with van der Waals surface area (Å²) in [5.41, 5.74) is 5.62. The minimum Gasteiger partial charge on any atom is -0.396 e. The number of carbonyl (C=O) groups is 1. The molecule has 4 nitrogen and oxygen atoms in total. The molecule has 0 fully saturated rings. The van der Waals surface area contributed by atoms with Gasteiger partial charge in [-0.1, -0.05) is 33.6 Å². The average Bonchev–Trinajstić information content (AvgIpc) is 2.20. The molecular weight excluding hydrogens is 204 g/mol. The van der Waals surface area contributed by atoms with E-state index in [0.717, 1.165) is 25.7 Å². The van der Waals surface area contributed by atoms with Crippen LogP contribution < -0.4 is 11.1 Å². The molecule has 0 aliphatic carbocycles. The van der Waals surface area contributed by atoms with Crippen LogP contribution in [-0.2, 0) is 4.79 Å². The van der Waals surface area contributed by atoms with Crippen LogP contribution in [0.1, 0.15) is 46.5 Å². The first-order chi connectivity index (χ1) is 7.39. The molecule has 0 bridgehead atoms. The van der Waals surface area contributed by atoms with E-state index in [1.807, 2.05) is 20.8 Å². The van der Waals surface area contributed by atoms with Crippen molar-refractivity contribution in [2.75, 3.05) is 13.2 Å². The summed E-state index contributed by atoms with van der Waals surface area (Å²) in [6.07, 6.45) is 3.83. The quantitative estimate of drug-likeness (QED) is 0.572. The number of aliphatic hydroxyl groups is 1. The van der Waals surface area contributed by atoms with Crippen molar-refractivity contribution < 1.29 is 9.90 Å². The Labute approximate surface area is 98.6 Å². The predicted molar refractivity (Wildman–Crippen MR) is 66.0 cm³/mol. The molecule has 0 saturated heterocycles. The van der Waals surface area contributed by atoms with Crippen LogP contribution in [0, 0.1) is 5.41 Å². The maximum atomic E-state index is 11.6. The van der Waals surface area contributed by atoms with E-state index in [2.05, 4.69) is 5.32 Å². The molecule has 0 saturated carbocycles. The number of hydrogen-bond acceptors (Lipinski definition) is 3. The number of unbranched alkanes of at least 4 members (excludes halogenated alkanes) is 3. The Hall–Kier alpha value is -0.610. The molecule has 0 heterocycles. The van der Waals surface area contributed by atoms with Gasteiger partial charge < -0.3 is 16.2 Å². The number of aliphatic hydroxyl groups excluding tert-OH is 1. The standard InChI is InChI=1S/C12H26N2O2/c1-12(2,3)10(13)11(16)14-8-6-4-5-7-9-15/h10,15H,4-9,13H2,1-3H3,(H,14,16)/t10-/m1/s1. The molecule has 4 heteroatoms. The van der Waals surface area contributed by atoms with Gasteiger partial charge in [-0.25, -0.2) is 0 Å². The van der Waals surface area contributed by atoms with E-state index >= 15 is 0 Å². The number of nitrogens with two attached hydrogens (primary N) is 1. The zero-order valence-corrected chi connectivity index (χ0v) is 10.8. The van der Waals surface area contributed by atoms with E-state index < -0.39 is 6.04 Å². The summed E-state index contributed by atoms with van der Waals surface area (Å²) in [6, 6.07) is -0.454. The second kappa shape index (κ2) is 7.63. The Kier molecular flexibility index (Phi) is 7.34. The highest BCUT2D eigenvalue weighted by atomic mass is 16.2. The molecule has 1 atom stereocenters. The lowest BCUT2D eigenvalue weighted by atomic mass is 9.87. The summed E-state index contributed by atoms with van der Waals surface area (Å²) in [5.74, 6) is -0.0744. The van der Waals surface area contributed by atoms with Crippen LogP contribution in [0.3, 0.4) is 0 Å². The summed E-state index contributed by atoms with van der Waals surface area (Å²) in [7, 11) is 0. The molecule has 0 aliphatic rings. The van der Waals surface area contributed by atoms with Gasteiger partial charge in [-0.15, -0.1) is 0 Å². The lowest BCUT2D eigenvalue weighted by Gasteiger charge is -2.25. The predicted octanol–water partition coefficient (Wildman–Crippen LogP) is 1.03. The normalized spacial score (nSPS) is 13.6. The van der Waals surface area contributed by atoms with Gasteiger partial charge in [-0.2, -0.15) is 0 Å². The van der Waals surface area contributed by atoms with Gasteiger partial charge >= 0.3 is 0 Å². The Morgan fingerprint density at radius 3 is 2.31 bits per heavy atom. The van der Waals surface area contributed by atoms with Crippen molar-refractivity contribution in [2.45, 2.75) is 52.5 Å². The zero-order valence-electron chi connectivity index (χ0n) is 10.8. The summed E-state index contributed by atoms with van der Waals surface area (Å²) < 4.78 is 0. The largest absolute Gasteiger partial charge is 0.396 e. The summed E-state index contributed by atoms with van der Waals surface area (Å²) >= 11 is 0. The minimum atomic E-state index is -0.454. The van der Waals surface area contributed by atoms with Gasteiger partial charge in [0.05, 0.1) is 6.04 Å². The molecule has 96 valence electrons. The lowest BCUT2D eigenvalue weighted by Crippen LogP contribution is -2.48. The minimum absolute atomic E-state index is 0.0744. The molecule has 0 aliphatic heterocycles. The number of nitrogens with one attached hydrogen (secondary N) is 1. The number of amides is 1. The van der Waals surface area contributed by atoms with Crippen LogP contribution in [-0.4, -0.2) is 30.2 Å². The van der Waals surface area contributed by atoms with Crippen LogP contribution in [0.25, 0.3) is 0 Å². The molecule has 0 unspecified atom stereocenters. The van der Waals surface area contributed by atoms with Crippen LogP contribution >= 0.6 is 0 Å². The second-order valence-corrected chi connectivity index (χ2v) is 5.27. The first-order valence-electron chi connectivity index (χ1n) is 6.03. The Morgan fingerprint density at radius 2 is 1.81 bits per heavy atom. The number of hydrogen-bond donors (Lipinski definition) is 3. The Morgan fingerprint density at radius 1 is 1.25 bits per heavy atom. The fraction of sp³-hybridized carbons (Fsp3) is 0.917. The molecule has 0 radical (unpaired) electrons. The molecule has 0 rings (SSSR count). The molecule has 0 aromatic rings.